The molecule has 0 atom stereocenters. The van der Waals surface area contributed by atoms with Gasteiger partial charge in [0, 0.05) is 38.7 Å². The Morgan fingerprint density at radius 3 is 2.22 bits per heavy atom. The molecule has 1 heterocycles. The van der Waals surface area contributed by atoms with Crippen molar-refractivity contribution in [3.63, 3.8) is 0 Å². The Kier molecular flexibility index (Phi) is 4.24. The lowest BCUT2D eigenvalue weighted by molar-refractivity contribution is -0.130. The number of hydrogen-bond acceptors (Lipinski definition) is 2. The quantitative estimate of drug-likeness (QED) is 0.798. The van der Waals surface area contributed by atoms with Gasteiger partial charge in [-0.15, -0.1) is 0 Å². The molecule has 5 nitrogen and oxygen atoms in total. The Hall–Kier alpha value is -2.48. The van der Waals surface area contributed by atoms with Crippen molar-refractivity contribution in [1.82, 2.24) is 15.1 Å². The van der Waals surface area contributed by atoms with E-state index in [1.54, 1.807) is 16.7 Å². The highest BCUT2D eigenvalue weighted by atomic mass is 16.2. The average Bonchev–Trinajstić information content (AvgIpc) is 3.34. The summed E-state index contributed by atoms with van der Waals surface area (Å²) in [4.78, 5) is 27.2. The molecule has 23 heavy (non-hydrogen) atoms. The molecular weight excluding hydrogens is 290 g/mol. The van der Waals surface area contributed by atoms with E-state index in [0.29, 0.717) is 26.2 Å². The van der Waals surface area contributed by atoms with Crippen molar-refractivity contribution < 1.29 is 9.59 Å². The molecule has 1 aliphatic carbocycles. The Bertz CT molecular complexity index is 648. The highest BCUT2D eigenvalue weighted by molar-refractivity contribution is 5.77. The average molecular weight is 311 g/mol. The standard InChI is InChI=1S/C18H21N3O2/c1-15(22)20-11-13-21(14-12-20)17(23)19-18(9-10-18)8-7-16-5-3-2-4-6-16/h2-6H,9-14H2,1H3,(H,19,23). The maximum absolute atomic E-state index is 12.4. The fourth-order valence-corrected chi connectivity index (χ4v) is 2.63. The molecule has 1 N–H and O–H groups in total. The van der Waals surface area contributed by atoms with Gasteiger partial charge in [0.2, 0.25) is 5.91 Å². The molecular formula is C18H21N3O2. The van der Waals surface area contributed by atoms with Gasteiger partial charge in [-0.2, -0.15) is 0 Å². The minimum Gasteiger partial charge on any atom is -0.339 e. The van der Waals surface area contributed by atoms with Gasteiger partial charge in [-0.25, -0.2) is 4.79 Å². The number of amides is 3. The fraction of sp³-hybridized carbons (Fsp3) is 0.444. The van der Waals surface area contributed by atoms with Crippen LogP contribution in [0.25, 0.3) is 0 Å². The van der Waals surface area contributed by atoms with E-state index < -0.39 is 0 Å². The van der Waals surface area contributed by atoms with E-state index in [1.807, 2.05) is 30.3 Å². The third-order valence-corrected chi connectivity index (χ3v) is 4.33. The van der Waals surface area contributed by atoms with Gasteiger partial charge in [0.25, 0.3) is 0 Å². The van der Waals surface area contributed by atoms with Crippen LogP contribution in [0.2, 0.25) is 0 Å². The summed E-state index contributed by atoms with van der Waals surface area (Å²) in [7, 11) is 0. The minimum atomic E-state index is -0.370. The Balaban J connectivity index is 1.56. The zero-order chi connectivity index (χ0) is 16.3. The van der Waals surface area contributed by atoms with Gasteiger partial charge in [0.15, 0.2) is 0 Å². The summed E-state index contributed by atoms with van der Waals surface area (Å²) in [5.41, 5.74) is 0.591. The molecule has 0 spiro atoms. The topological polar surface area (TPSA) is 52.7 Å². The Morgan fingerprint density at radius 1 is 1.04 bits per heavy atom. The molecule has 0 bridgehead atoms. The Morgan fingerprint density at radius 2 is 1.65 bits per heavy atom. The third kappa shape index (κ3) is 3.84. The first-order chi connectivity index (χ1) is 11.1. The van der Waals surface area contributed by atoms with Crippen molar-refractivity contribution in [2.45, 2.75) is 25.3 Å². The number of carbonyl (C=O) groups is 2. The summed E-state index contributed by atoms with van der Waals surface area (Å²) in [6.45, 7) is 3.92. The predicted molar refractivity (Wildman–Crippen MR) is 87.6 cm³/mol. The molecule has 0 radical (unpaired) electrons. The van der Waals surface area contributed by atoms with Crippen LogP contribution in [0.4, 0.5) is 4.79 Å². The van der Waals surface area contributed by atoms with Crippen molar-refractivity contribution in [1.29, 1.82) is 0 Å². The first kappa shape index (κ1) is 15.4. The smallest absolute Gasteiger partial charge is 0.318 e. The summed E-state index contributed by atoms with van der Waals surface area (Å²) in [6, 6.07) is 9.72. The van der Waals surface area contributed by atoms with E-state index in [2.05, 4.69) is 17.2 Å². The lowest BCUT2D eigenvalue weighted by atomic mass is 10.2. The van der Waals surface area contributed by atoms with E-state index in [-0.39, 0.29) is 17.5 Å². The number of nitrogens with zero attached hydrogens (tertiary/aromatic N) is 2. The van der Waals surface area contributed by atoms with Gasteiger partial charge in [-0.05, 0) is 25.0 Å². The van der Waals surface area contributed by atoms with Crippen LogP contribution in [0.3, 0.4) is 0 Å². The van der Waals surface area contributed by atoms with E-state index >= 15 is 0 Å². The first-order valence-electron chi connectivity index (χ1n) is 7.99. The summed E-state index contributed by atoms with van der Waals surface area (Å²) in [6.07, 6.45) is 1.79. The van der Waals surface area contributed by atoms with Crippen LogP contribution >= 0.6 is 0 Å². The second kappa shape index (κ2) is 6.33. The summed E-state index contributed by atoms with van der Waals surface area (Å²) in [5.74, 6) is 6.42. The number of rotatable bonds is 1. The molecule has 5 heteroatoms. The van der Waals surface area contributed by atoms with Crippen LogP contribution in [0, 0.1) is 11.8 Å². The van der Waals surface area contributed by atoms with Crippen LogP contribution in [-0.4, -0.2) is 53.5 Å². The minimum absolute atomic E-state index is 0.0671. The first-order valence-corrected chi connectivity index (χ1v) is 7.99. The van der Waals surface area contributed by atoms with Crippen LogP contribution in [0.5, 0.6) is 0 Å². The second-order valence-corrected chi connectivity index (χ2v) is 6.12. The van der Waals surface area contributed by atoms with Crippen molar-refractivity contribution in [2.24, 2.45) is 0 Å². The molecule has 2 aliphatic rings. The zero-order valence-corrected chi connectivity index (χ0v) is 13.3. The highest BCUT2D eigenvalue weighted by Gasteiger charge is 2.43. The van der Waals surface area contributed by atoms with Crippen LogP contribution in [-0.2, 0) is 4.79 Å². The van der Waals surface area contributed by atoms with Gasteiger partial charge in [0.1, 0.15) is 5.54 Å². The van der Waals surface area contributed by atoms with Gasteiger partial charge in [-0.3, -0.25) is 4.79 Å². The molecule has 0 unspecified atom stereocenters. The van der Waals surface area contributed by atoms with E-state index in [4.69, 9.17) is 0 Å². The Labute approximate surface area is 136 Å². The number of urea groups is 1. The monoisotopic (exact) mass is 311 g/mol. The lowest BCUT2D eigenvalue weighted by Crippen LogP contribution is -2.54. The number of carbonyl (C=O) groups excluding carboxylic acids is 2. The maximum Gasteiger partial charge on any atom is 0.318 e. The molecule has 3 rings (SSSR count). The van der Waals surface area contributed by atoms with Crippen molar-refractivity contribution >= 4 is 11.9 Å². The van der Waals surface area contributed by atoms with E-state index in [0.717, 1.165) is 18.4 Å². The van der Waals surface area contributed by atoms with Crippen molar-refractivity contribution in [2.75, 3.05) is 26.2 Å². The molecule has 1 aliphatic heterocycles. The predicted octanol–water partition coefficient (Wildman–Crippen LogP) is 1.44. The normalized spacial score (nSPS) is 18.7. The zero-order valence-electron chi connectivity index (χ0n) is 13.3. The van der Waals surface area contributed by atoms with E-state index in [9.17, 15) is 9.59 Å². The third-order valence-electron chi connectivity index (χ3n) is 4.33. The van der Waals surface area contributed by atoms with Gasteiger partial charge in [-0.1, -0.05) is 30.0 Å². The molecule has 2 fully saturated rings. The van der Waals surface area contributed by atoms with Gasteiger partial charge < -0.3 is 15.1 Å². The lowest BCUT2D eigenvalue weighted by Gasteiger charge is -2.34. The molecule has 1 aromatic carbocycles. The highest BCUT2D eigenvalue weighted by Crippen LogP contribution is 2.34. The summed E-state index contributed by atoms with van der Waals surface area (Å²) < 4.78 is 0. The van der Waals surface area contributed by atoms with E-state index in [1.165, 1.54) is 0 Å². The SMILES string of the molecule is CC(=O)N1CCN(C(=O)NC2(C#Cc3ccccc3)CC2)CC1. The largest absolute Gasteiger partial charge is 0.339 e. The summed E-state index contributed by atoms with van der Waals surface area (Å²) in [5, 5.41) is 3.06. The number of benzene rings is 1. The van der Waals surface area contributed by atoms with Crippen LogP contribution < -0.4 is 5.32 Å². The number of hydrogen-bond donors (Lipinski definition) is 1. The fourth-order valence-electron chi connectivity index (χ4n) is 2.63. The van der Waals surface area contributed by atoms with Crippen LogP contribution in [0.1, 0.15) is 25.3 Å². The molecule has 1 saturated heterocycles. The number of piperazine rings is 1. The van der Waals surface area contributed by atoms with Gasteiger partial charge in [0.05, 0.1) is 0 Å². The second-order valence-electron chi connectivity index (χ2n) is 6.12. The van der Waals surface area contributed by atoms with Gasteiger partial charge >= 0.3 is 6.03 Å². The molecule has 1 aromatic rings. The van der Waals surface area contributed by atoms with Crippen molar-refractivity contribution in [3.05, 3.63) is 35.9 Å². The molecule has 120 valence electrons. The van der Waals surface area contributed by atoms with Crippen molar-refractivity contribution in [3.8, 4) is 11.8 Å². The molecule has 0 aromatic heterocycles. The van der Waals surface area contributed by atoms with Crippen LogP contribution in [0.15, 0.2) is 30.3 Å². The molecule has 1 saturated carbocycles. The number of nitrogens with one attached hydrogen (secondary N) is 1. The maximum atomic E-state index is 12.4. The summed E-state index contributed by atoms with van der Waals surface area (Å²) >= 11 is 0. The molecule has 3 amide bonds.